The summed E-state index contributed by atoms with van der Waals surface area (Å²) < 4.78 is 29.0. The highest BCUT2D eigenvalue weighted by molar-refractivity contribution is 6.21. The summed E-state index contributed by atoms with van der Waals surface area (Å²) in [6, 6.07) is -10.4. The molecular formula is C72H112ClN13O23. The summed E-state index contributed by atoms with van der Waals surface area (Å²) in [5, 5.41) is 74.5. The third-order valence-electron chi connectivity index (χ3n) is 19.3. The second kappa shape index (κ2) is 43.0. The van der Waals surface area contributed by atoms with E-state index in [1.54, 1.807) is 6.08 Å². The summed E-state index contributed by atoms with van der Waals surface area (Å²) >= 11 is 6.82. The van der Waals surface area contributed by atoms with Crippen LogP contribution in [0.25, 0.3) is 0 Å². The van der Waals surface area contributed by atoms with E-state index in [0.29, 0.717) is 0 Å². The number of aliphatic hydroxyl groups excluding tert-OH is 5. The number of rotatable bonds is 28. The van der Waals surface area contributed by atoms with Gasteiger partial charge in [0.1, 0.15) is 90.3 Å². The lowest BCUT2D eigenvalue weighted by Crippen LogP contribution is -2.66. The Labute approximate surface area is 639 Å². The van der Waals surface area contributed by atoms with Crippen LogP contribution in [0, 0.1) is 29.6 Å². The second-order valence-corrected chi connectivity index (χ2v) is 28.8. The molecule has 18 N–H and O–H groups in total. The SMILES string of the molecule is C/C=C(\NC(=O)CNC(=O)C(C)C(O)/C=C\C(C)=C\C(C)CC)C(=O)N[C@H](C(=O)N[C@H](C(=O)NC1C(=O)N[C@@H](COC)C(=O)NCC(=O)N[C@@H](C)C(=O)N(C)[C@@H]([C@@H](C)O)C(=O)N[C@H]([C@@H](OC)c2ccc(O[C@@H]3O[C@@H](C)[C@H](O)[C@@H](O)[C@H]3O)cc2)C(=O)N2CC[C@@H](Cl)C[C@H]2C(=O)O[C@H]1C(C)C)[C@H](C)[C@H](C)C(N)=O)C(C)N. The zero-order chi connectivity index (χ0) is 82.3. The van der Waals surface area contributed by atoms with Crippen LogP contribution in [0.1, 0.15) is 121 Å². The number of carbonyl (C=O) groups is 13. The number of cyclic esters (lactones) is 1. The third-order valence-corrected chi connectivity index (χ3v) is 19.7. The smallest absolute Gasteiger partial charge is 0.329 e. The maximum absolute atomic E-state index is 15.7. The lowest BCUT2D eigenvalue weighted by molar-refractivity contribution is -0.268. The number of amides is 12. The number of ether oxygens (including phenoxy) is 5. The first-order valence-electron chi connectivity index (χ1n) is 36.1. The van der Waals surface area contributed by atoms with Crippen LogP contribution in [-0.2, 0) is 81.3 Å². The first-order valence-corrected chi connectivity index (χ1v) is 36.5. The van der Waals surface area contributed by atoms with E-state index in [4.69, 9.17) is 46.8 Å². The third kappa shape index (κ3) is 25.9. The van der Waals surface area contributed by atoms with Gasteiger partial charge < -0.3 is 118 Å². The van der Waals surface area contributed by atoms with Crippen LogP contribution < -0.4 is 64.1 Å². The predicted molar refractivity (Wildman–Crippen MR) is 392 cm³/mol. The maximum atomic E-state index is 15.7. The van der Waals surface area contributed by atoms with Crippen molar-refractivity contribution in [2.24, 2.45) is 41.1 Å². The Balaban J connectivity index is 1.83. The van der Waals surface area contributed by atoms with Gasteiger partial charge in [0.2, 0.25) is 71.3 Å². The van der Waals surface area contributed by atoms with Gasteiger partial charge in [0, 0.05) is 45.1 Å². The molecular weight excluding hydrogens is 1450 g/mol. The number of hydrogen-bond donors (Lipinski definition) is 16. The molecule has 610 valence electrons. The molecule has 0 aromatic heterocycles. The molecule has 5 unspecified atom stereocenters. The quantitative estimate of drug-likeness (QED) is 0.0167. The molecule has 4 rings (SSSR count). The van der Waals surface area contributed by atoms with Crippen LogP contribution >= 0.6 is 11.6 Å². The Morgan fingerprint density at radius 1 is 0.817 bits per heavy atom. The van der Waals surface area contributed by atoms with Crippen molar-refractivity contribution in [1.82, 2.24) is 57.7 Å². The fraction of sp³-hybridized carbons (Fsp3) is 0.653. The van der Waals surface area contributed by atoms with Crippen molar-refractivity contribution in [1.29, 1.82) is 0 Å². The maximum Gasteiger partial charge on any atom is 0.329 e. The highest BCUT2D eigenvalue weighted by Gasteiger charge is 2.49. The van der Waals surface area contributed by atoms with Gasteiger partial charge in [-0.25, -0.2) is 4.79 Å². The van der Waals surface area contributed by atoms with Gasteiger partial charge in [0.15, 0.2) is 0 Å². The van der Waals surface area contributed by atoms with E-state index in [2.05, 4.69) is 47.9 Å². The van der Waals surface area contributed by atoms with Crippen molar-refractivity contribution < 1.29 is 112 Å². The average molecular weight is 1560 g/mol. The first kappa shape index (κ1) is 92.7. The van der Waals surface area contributed by atoms with Crippen LogP contribution in [-0.4, -0.2) is 268 Å². The Morgan fingerprint density at radius 2 is 1.46 bits per heavy atom. The van der Waals surface area contributed by atoms with E-state index in [-0.39, 0.29) is 36.6 Å². The largest absolute Gasteiger partial charge is 0.462 e. The molecule has 0 saturated carbocycles. The number of fused-ring (bicyclic) bond motifs is 1. The molecule has 3 aliphatic rings. The fourth-order valence-corrected chi connectivity index (χ4v) is 12.4. The Bertz CT molecular complexity index is 3450. The topological polar surface area (TPSA) is 536 Å². The standard InChI is InChI=1S/C72H112ClN13O23/c1-17-33(5)27-34(6)19-24-48(88)37(9)62(95)76-30-50(90)79-45(18-2)64(97)82-52(38(10)74)66(99)81-51(35(7)36(8)61(75)94)65(98)83-53-59(32(3)4)109-71(104)47-28-43(73)25-26-86(47)70(103)54(60(106-16)42-20-22-44(23-21-42)108-72-58(93)57(92)56(91)41(13)107-72)84-68(101)55(40(12)87)85(14)69(102)39(11)78-49(89)29-77-63(96)46(31-105-15)80-67(53)100/h18-24,27,32-33,35-41,43,46-48,51-60,72,87-88,91-93H,17,25-26,28-31,74H2,1-16H3,(H2,75,94)(H,76,95)(H,77,96)(H,78,89)(H,79,90)(H,80,100)(H,81,99)(H,82,97)(H,83,98)(H,84,101)/b24-19-,34-27+,45-18-/t33?,35-,36+,37?,38?,39+,40-,41+,43-,46+,47+,48?,51+,52+,53?,54-,55+,56+,57-,58-,59+,60+,72+/m1/s1. The molecule has 23 atom stereocenters. The molecule has 109 heavy (non-hydrogen) atoms. The molecule has 1 aromatic carbocycles. The number of benzene rings is 1. The van der Waals surface area contributed by atoms with Crippen LogP contribution in [0.2, 0.25) is 0 Å². The monoisotopic (exact) mass is 1560 g/mol. The number of alkyl halides is 1. The van der Waals surface area contributed by atoms with Gasteiger partial charge in [-0.2, -0.15) is 0 Å². The lowest BCUT2D eigenvalue weighted by atomic mass is 9.87. The van der Waals surface area contributed by atoms with Crippen molar-refractivity contribution in [3.05, 3.63) is 65.4 Å². The number of nitrogens with one attached hydrogen (secondary N) is 9. The Kier molecular flexibility index (Phi) is 36.6. The van der Waals surface area contributed by atoms with E-state index in [1.165, 1.54) is 113 Å². The normalized spacial score (nSPS) is 27.6. The van der Waals surface area contributed by atoms with Crippen LogP contribution in [0.3, 0.4) is 0 Å². The van der Waals surface area contributed by atoms with E-state index in [0.717, 1.165) is 36.0 Å². The van der Waals surface area contributed by atoms with Crippen molar-refractivity contribution in [3.63, 3.8) is 0 Å². The number of allylic oxidation sites excluding steroid dienone is 4. The molecule has 0 aliphatic carbocycles. The summed E-state index contributed by atoms with van der Waals surface area (Å²) in [5.41, 5.74) is 12.7. The Morgan fingerprint density at radius 3 is 2.03 bits per heavy atom. The molecule has 0 bridgehead atoms. The molecule has 1 aromatic rings. The molecule has 36 nitrogen and oxygen atoms in total. The van der Waals surface area contributed by atoms with Gasteiger partial charge >= 0.3 is 5.97 Å². The van der Waals surface area contributed by atoms with Crippen molar-refractivity contribution in [2.75, 3.05) is 47.5 Å². The van der Waals surface area contributed by atoms with Gasteiger partial charge in [-0.15, -0.1) is 11.6 Å². The minimum Gasteiger partial charge on any atom is -0.462 e. The van der Waals surface area contributed by atoms with Gasteiger partial charge in [-0.1, -0.05) is 96.9 Å². The van der Waals surface area contributed by atoms with Crippen LogP contribution in [0.5, 0.6) is 5.75 Å². The molecule has 3 fully saturated rings. The number of aliphatic hydroxyl groups is 5. The van der Waals surface area contributed by atoms with E-state index in [1.807, 2.05) is 26.8 Å². The zero-order valence-electron chi connectivity index (χ0n) is 64.4. The van der Waals surface area contributed by atoms with Gasteiger partial charge in [0.25, 0.3) is 5.91 Å². The number of halogens is 1. The number of nitrogens with two attached hydrogens (primary N) is 2. The molecule has 37 heteroatoms. The summed E-state index contributed by atoms with van der Waals surface area (Å²) in [6.07, 6.45) is -6.76. The number of esters is 1. The molecule has 3 aliphatic heterocycles. The van der Waals surface area contributed by atoms with Gasteiger partial charge in [-0.05, 0) is 89.8 Å². The number of primary amides is 1. The highest BCUT2D eigenvalue weighted by atomic mass is 35.5. The first-order chi connectivity index (χ1) is 51.0. The number of nitrogens with zero attached hydrogens (tertiary/aromatic N) is 2. The van der Waals surface area contributed by atoms with E-state index in [9.17, 15) is 68.7 Å². The van der Waals surface area contributed by atoms with Gasteiger partial charge in [-0.3, -0.25) is 57.5 Å². The Hall–Kier alpha value is -8.72. The summed E-state index contributed by atoms with van der Waals surface area (Å²) in [5.74, 6) is -18.3. The number of hydrogen-bond acceptors (Lipinski definition) is 24. The summed E-state index contributed by atoms with van der Waals surface area (Å²) in [7, 11) is 3.46. The van der Waals surface area contributed by atoms with Gasteiger partial charge in [0.05, 0.1) is 43.9 Å². The molecule has 3 saturated heterocycles. The molecule has 12 amide bonds. The number of methoxy groups -OCH3 is 2. The zero-order valence-corrected chi connectivity index (χ0v) is 65.2. The van der Waals surface area contributed by atoms with E-state index >= 15 is 19.2 Å². The van der Waals surface area contributed by atoms with Crippen molar-refractivity contribution in [3.8, 4) is 5.75 Å². The number of carbonyl (C=O) groups excluding carboxylic acids is 13. The second-order valence-electron chi connectivity index (χ2n) is 28.2. The van der Waals surface area contributed by atoms with Crippen molar-refractivity contribution in [2.45, 2.75) is 224 Å². The molecule has 0 spiro atoms. The fourth-order valence-electron chi connectivity index (χ4n) is 12.2. The van der Waals surface area contributed by atoms with Crippen LogP contribution in [0.4, 0.5) is 0 Å². The highest BCUT2D eigenvalue weighted by Crippen LogP contribution is 2.32. The van der Waals surface area contributed by atoms with Crippen molar-refractivity contribution >= 4 is 88.5 Å². The predicted octanol–water partition coefficient (Wildman–Crippen LogP) is -3.55. The van der Waals surface area contributed by atoms with E-state index < -0.39 is 241 Å². The number of piperidine rings is 1. The summed E-state index contributed by atoms with van der Waals surface area (Å²) in [4.78, 5) is 188. The minimum atomic E-state index is -2.16. The molecule has 0 radical (unpaired) electrons. The minimum absolute atomic E-state index is 0.00852. The average Bonchev–Trinajstić information content (AvgIpc) is 0.796. The molecule has 3 heterocycles. The summed E-state index contributed by atoms with van der Waals surface area (Å²) in [6.45, 7) is 16.9. The number of likely N-dealkylation sites (N-methyl/N-ethyl adjacent to an activating group) is 1. The lowest BCUT2D eigenvalue weighted by Gasteiger charge is -2.41. The van der Waals surface area contributed by atoms with Crippen LogP contribution in [0.15, 0.2) is 59.8 Å².